The second-order valence-corrected chi connectivity index (χ2v) is 7.94. The van der Waals surface area contributed by atoms with Crippen LogP contribution in [0.25, 0.3) is 0 Å². The minimum Gasteiger partial charge on any atom is -0.472 e. The second kappa shape index (κ2) is 9.67. The minimum absolute atomic E-state index is 0.113. The smallest absolute Gasteiger partial charge is 0.338 e. The van der Waals surface area contributed by atoms with Crippen molar-refractivity contribution >= 4 is 5.97 Å². The molecule has 1 aromatic carbocycles. The Balaban J connectivity index is 1.46. The van der Waals surface area contributed by atoms with Gasteiger partial charge in [-0.2, -0.15) is 0 Å². The molecule has 0 spiro atoms. The van der Waals surface area contributed by atoms with Crippen molar-refractivity contribution in [1.29, 1.82) is 0 Å². The SMILES string of the molecule is O=C(OCC1=CC(O)C2C=CO[C@@H](O[C@@H]3O[C@H](CO)[C@@H](O)[C@@H](O)[C@H]3O)C12)c1ccccc1. The van der Waals surface area contributed by atoms with Crippen LogP contribution in [0.2, 0.25) is 0 Å². The van der Waals surface area contributed by atoms with Crippen molar-refractivity contribution in [3.8, 4) is 0 Å². The fourth-order valence-corrected chi connectivity index (χ4v) is 4.17. The van der Waals surface area contributed by atoms with E-state index in [-0.39, 0.29) is 6.61 Å². The fourth-order valence-electron chi connectivity index (χ4n) is 4.17. The third kappa shape index (κ3) is 4.44. The first-order valence-corrected chi connectivity index (χ1v) is 10.3. The molecule has 0 saturated carbocycles. The molecular weight excluding hydrogens is 424 g/mol. The van der Waals surface area contributed by atoms with Crippen LogP contribution >= 0.6 is 0 Å². The molecule has 1 aromatic rings. The molecule has 10 heteroatoms. The van der Waals surface area contributed by atoms with Crippen LogP contribution in [0, 0.1) is 11.8 Å². The summed E-state index contributed by atoms with van der Waals surface area (Å²) in [4.78, 5) is 12.3. The summed E-state index contributed by atoms with van der Waals surface area (Å²) in [6.45, 7) is -0.709. The maximum absolute atomic E-state index is 12.3. The summed E-state index contributed by atoms with van der Waals surface area (Å²) in [6, 6.07) is 8.47. The molecule has 1 saturated heterocycles. The van der Waals surface area contributed by atoms with Gasteiger partial charge in [-0.3, -0.25) is 0 Å². The van der Waals surface area contributed by atoms with E-state index < -0.39 is 67.5 Å². The van der Waals surface area contributed by atoms with Gasteiger partial charge in [-0.15, -0.1) is 0 Å². The van der Waals surface area contributed by atoms with Gasteiger partial charge in [0, 0.05) is 5.92 Å². The van der Waals surface area contributed by atoms with Crippen LogP contribution in [0.3, 0.4) is 0 Å². The first-order valence-electron chi connectivity index (χ1n) is 10.3. The third-order valence-electron chi connectivity index (χ3n) is 5.92. The molecular formula is C22H26O10. The molecule has 32 heavy (non-hydrogen) atoms. The number of aliphatic hydroxyl groups is 5. The van der Waals surface area contributed by atoms with Gasteiger partial charge in [-0.25, -0.2) is 4.79 Å². The molecule has 2 heterocycles. The lowest BCUT2D eigenvalue weighted by Gasteiger charge is -2.42. The molecule has 4 rings (SSSR count). The van der Waals surface area contributed by atoms with E-state index >= 15 is 0 Å². The number of carbonyl (C=O) groups is 1. The highest BCUT2D eigenvalue weighted by Gasteiger charge is 2.49. The van der Waals surface area contributed by atoms with Gasteiger partial charge in [-0.1, -0.05) is 24.3 Å². The first kappa shape index (κ1) is 22.9. The Bertz CT molecular complexity index is 854. The number of aliphatic hydroxyl groups excluding tert-OH is 5. The maximum atomic E-state index is 12.3. The molecule has 2 aliphatic heterocycles. The molecule has 3 aliphatic rings. The van der Waals surface area contributed by atoms with Crippen LogP contribution in [-0.4, -0.2) is 87.8 Å². The molecule has 1 aliphatic carbocycles. The Labute approximate surface area is 183 Å². The van der Waals surface area contributed by atoms with Crippen LogP contribution < -0.4 is 0 Å². The van der Waals surface area contributed by atoms with Gasteiger partial charge in [0.2, 0.25) is 6.29 Å². The van der Waals surface area contributed by atoms with Gasteiger partial charge in [0.1, 0.15) is 31.0 Å². The van der Waals surface area contributed by atoms with Gasteiger partial charge in [0.05, 0.1) is 30.5 Å². The third-order valence-corrected chi connectivity index (χ3v) is 5.92. The first-order chi connectivity index (χ1) is 15.4. The normalized spacial score (nSPS) is 38.5. The summed E-state index contributed by atoms with van der Waals surface area (Å²) in [5.41, 5.74) is 0.947. The fraction of sp³-hybridized carbons (Fsp3) is 0.500. The summed E-state index contributed by atoms with van der Waals surface area (Å²) >= 11 is 0. The highest BCUT2D eigenvalue weighted by molar-refractivity contribution is 5.89. The van der Waals surface area contributed by atoms with Crippen LogP contribution in [0.5, 0.6) is 0 Å². The number of benzene rings is 1. The van der Waals surface area contributed by atoms with Crippen molar-refractivity contribution in [2.24, 2.45) is 11.8 Å². The number of fused-ring (bicyclic) bond motifs is 1. The zero-order valence-electron chi connectivity index (χ0n) is 17.0. The Morgan fingerprint density at radius 1 is 1.00 bits per heavy atom. The number of hydrogen-bond acceptors (Lipinski definition) is 10. The summed E-state index contributed by atoms with van der Waals surface area (Å²) < 4.78 is 22.1. The van der Waals surface area contributed by atoms with Crippen molar-refractivity contribution < 1.29 is 49.3 Å². The Kier molecular flexibility index (Phi) is 6.91. The molecule has 5 N–H and O–H groups in total. The van der Waals surface area contributed by atoms with E-state index in [2.05, 4.69) is 0 Å². The highest BCUT2D eigenvalue weighted by Crippen LogP contribution is 2.41. The van der Waals surface area contributed by atoms with Gasteiger partial charge in [0.15, 0.2) is 6.29 Å². The largest absolute Gasteiger partial charge is 0.472 e. The minimum atomic E-state index is -1.60. The number of ether oxygens (including phenoxy) is 4. The average Bonchev–Trinajstić information content (AvgIpc) is 3.14. The maximum Gasteiger partial charge on any atom is 0.338 e. The van der Waals surface area contributed by atoms with Gasteiger partial charge >= 0.3 is 5.97 Å². The van der Waals surface area contributed by atoms with Crippen LogP contribution in [0.15, 0.2) is 54.3 Å². The van der Waals surface area contributed by atoms with E-state index in [1.54, 1.807) is 42.5 Å². The standard InChI is InChI=1S/C22H26O10/c23-9-15-17(25)18(26)19(27)22(31-15)32-21-16-12(8-14(24)13(16)6-7-29-21)10-30-20(28)11-4-2-1-3-5-11/h1-8,13-19,21-27H,9-10H2/t13?,14?,15-,16?,17-,18-,19-,21+,22+/m1/s1. The molecule has 174 valence electrons. The summed E-state index contributed by atoms with van der Waals surface area (Å²) in [7, 11) is 0. The van der Waals surface area contributed by atoms with Gasteiger partial charge in [-0.05, 0) is 23.8 Å². The zero-order chi connectivity index (χ0) is 22.8. The lowest BCUT2D eigenvalue weighted by atomic mass is 9.88. The van der Waals surface area contributed by atoms with E-state index in [0.717, 1.165) is 0 Å². The lowest BCUT2D eigenvalue weighted by molar-refractivity contribution is -0.339. The van der Waals surface area contributed by atoms with Crippen LogP contribution in [0.1, 0.15) is 10.4 Å². The molecule has 9 atom stereocenters. The van der Waals surface area contributed by atoms with Crippen molar-refractivity contribution in [3.63, 3.8) is 0 Å². The molecule has 3 unspecified atom stereocenters. The summed E-state index contributed by atoms with van der Waals surface area (Å²) in [5.74, 6) is -1.52. The Morgan fingerprint density at radius 2 is 1.75 bits per heavy atom. The number of carbonyl (C=O) groups excluding carboxylic acids is 1. The topological polar surface area (TPSA) is 155 Å². The summed E-state index contributed by atoms with van der Waals surface area (Å²) in [6.07, 6.45) is -4.61. The van der Waals surface area contributed by atoms with Gasteiger partial charge in [0.25, 0.3) is 0 Å². The molecule has 10 nitrogen and oxygen atoms in total. The second-order valence-electron chi connectivity index (χ2n) is 7.94. The molecule has 0 bridgehead atoms. The highest BCUT2D eigenvalue weighted by atomic mass is 16.8. The number of hydrogen-bond donors (Lipinski definition) is 5. The number of esters is 1. The van der Waals surface area contributed by atoms with E-state index in [9.17, 15) is 30.3 Å². The summed E-state index contributed by atoms with van der Waals surface area (Å²) in [5, 5.41) is 50.0. The Morgan fingerprint density at radius 3 is 2.47 bits per heavy atom. The van der Waals surface area contributed by atoms with E-state index in [1.165, 1.54) is 6.26 Å². The Hall–Kier alpha value is -2.31. The predicted molar refractivity (Wildman–Crippen MR) is 107 cm³/mol. The molecule has 1 fully saturated rings. The van der Waals surface area contributed by atoms with E-state index in [0.29, 0.717) is 11.1 Å². The molecule has 0 aromatic heterocycles. The van der Waals surface area contributed by atoms with Gasteiger partial charge < -0.3 is 44.5 Å². The van der Waals surface area contributed by atoms with Crippen molar-refractivity contribution in [3.05, 3.63) is 59.9 Å². The molecule has 0 radical (unpaired) electrons. The lowest BCUT2D eigenvalue weighted by Crippen LogP contribution is -2.60. The van der Waals surface area contributed by atoms with Crippen LogP contribution in [-0.2, 0) is 18.9 Å². The zero-order valence-corrected chi connectivity index (χ0v) is 17.0. The van der Waals surface area contributed by atoms with Crippen molar-refractivity contribution in [2.45, 2.75) is 43.1 Å². The average molecular weight is 450 g/mol. The van der Waals surface area contributed by atoms with E-state index in [1.807, 2.05) is 0 Å². The van der Waals surface area contributed by atoms with Crippen molar-refractivity contribution in [1.82, 2.24) is 0 Å². The monoisotopic (exact) mass is 450 g/mol. The quantitative estimate of drug-likeness (QED) is 0.271. The predicted octanol–water partition coefficient (Wildman–Crippen LogP) is -0.937. The van der Waals surface area contributed by atoms with E-state index in [4.69, 9.17) is 18.9 Å². The molecule has 0 amide bonds. The number of rotatable bonds is 6. The van der Waals surface area contributed by atoms with Crippen molar-refractivity contribution in [2.75, 3.05) is 13.2 Å². The van der Waals surface area contributed by atoms with Crippen LogP contribution in [0.4, 0.5) is 0 Å².